The van der Waals surface area contributed by atoms with Crippen LogP contribution in [0.4, 0.5) is 0 Å². The summed E-state index contributed by atoms with van der Waals surface area (Å²) in [5.74, 6) is 0.784. The maximum atomic E-state index is 4.96. The molecule has 2 aromatic heterocycles. The lowest BCUT2D eigenvalue weighted by Gasteiger charge is -2.03. The van der Waals surface area contributed by atoms with Crippen molar-refractivity contribution in [2.75, 3.05) is 20.3 Å². The number of rotatable bonds is 7. The number of aryl methyl sites for hydroxylation is 1. The van der Waals surface area contributed by atoms with Gasteiger partial charge in [-0.1, -0.05) is 0 Å². The summed E-state index contributed by atoms with van der Waals surface area (Å²) in [4.78, 5) is 12.9. The largest absolute Gasteiger partial charge is 0.383 e. The van der Waals surface area contributed by atoms with Crippen molar-refractivity contribution in [3.8, 4) is 0 Å². The molecule has 1 N–H and O–H groups in total. The van der Waals surface area contributed by atoms with Crippen LogP contribution in [0.2, 0.25) is 0 Å². The second kappa shape index (κ2) is 7.49. The fourth-order valence-electron chi connectivity index (χ4n) is 1.29. The van der Waals surface area contributed by atoms with E-state index in [-0.39, 0.29) is 0 Å². The maximum absolute atomic E-state index is 4.96. The predicted molar refractivity (Wildman–Crippen MR) is 74.4 cm³/mol. The van der Waals surface area contributed by atoms with Gasteiger partial charge < -0.3 is 10.1 Å². The molecule has 0 aromatic carbocycles. The fraction of sp³-hybridized carbons (Fsp3) is 0.455. The molecule has 8 heteroatoms. The lowest BCUT2D eigenvalue weighted by Crippen LogP contribution is -2.18. The van der Waals surface area contributed by atoms with Crippen LogP contribution in [-0.4, -0.2) is 39.6 Å². The lowest BCUT2D eigenvalue weighted by molar-refractivity contribution is 0.199. The standard InChI is InChI=1S/C11H15N5OS2/c1-8-15-11(19-16-8)18-10-13-6-9(7-14-10)5-12-3-4-17-2/h6-7,12H,3-5H2,1-2H3. The van der Waals surface area contributed by atoms with E-state index < -0.39 is 0 Å². The number of aromatic nitrogens is 4. The molecular weight excluding hydrogens is 282 g/mol. The van der Waals surface area contributed by atoms with Crippen molar-refractivity contribution < 1.29 is 4.74 Å². The molecule has 19 heavy (non-hydrogen) atoms. The van der Waals surface area contributed by atoms with Gasteiger partial charge in [0.25, 0.3) is 0 Å². The van der Waals surface area contributed by atoms with Crippen LogP contribution >= 0.6 is 23.3 Å². The zero-order chi connectivity index (χ0) is 13.5. The number of hydrogen-bond donors (Lipinski definition) is 1. The van der Waals surface area contributed by atoms with Gasteiger partial charge in [0, 0.05) is 38.2 Å². The normalized spacial score (nSPS) is 10.8. The Morgan fingerprint density at radius 2 is 2.16 bits per heavy atom. The molecule has 0 amide bonds. The van der Waals surface area contributed by atoms with Crippen LogP contribution in [0.5, 0.6) is 0 Å². The number of hydrogen-bond acceptors (Lipinski definition) is 8. The van der Waals surface area contributed by atoms with Crippen LogP contribution in [0, 0.1) is 6.92 Å². The van der Waals surface area contributed by atoms with Gasteiger partial charge in [-0.15, -0.1) is 0 Å². The Labute approximate surface area is 120 Å². The van der Waals surface area contributed by atoms with Crippen LogP contribution in [0.1, 0.15) is 11.4 Å². The quantitative estimate of drug-likeness (QED) is 0.613. The van der Waals surface area contributed by atoms with Crippen molar-refractivity contribution in [1.82, 2.24) is 24.6 Å². The Kier molecular flexibility index (Phi) is 5.64. The molecule has 0 radical (unpaired) electrons. The second-order valence-corrected chi connectivity index (χ2v) is 5.72. The molecule has 2 rings (SSSR count). The Bertz CT molecular complexity index is 502. The molecule has 0 aliphatic rings. The van der Waals surface area contributed by atoms with Crippen LogP contribution < -0.4 is 5.32 Å². The van der Waals surface area contributed by atoms with Gasteiger partial charge in [-0.05, 0) is 30.2 Å². The predicted octanol–water partition coefficient (Wildman–Crippen LogP) is 1.52. The van der Waals surface area contributed by atoms with Gasteiger partial charge in [0.15, 0.2) is 9.50 Å². The Balaban J connectivity index is 1.84. The molecule has 6 nitrogen and oxygen atoms in total. The zero-order valence-corrected chi connectivity index (χ0v) is 12.4. The first kappa shape index (κ1) is 14.3. The van der Waals surface area contributed by atoms with Crippen LogP contribution in [0.25, 0.3) is 0 Å². The Hall–Kier alpha value is -1.09. The van der Waals surface area contributed by atoms with Crippen molar-refractivity contribution in [2.24, 2.45) is 0 Å². The molecule has 0 saturated heterocycles. The topological polar surface area (TPSA) is 72.8 Å². The summed E-state index contributed by atoms with van der Waals surface area (Å²) in [6, 6.07) is 0. The first-order chi connectivity index (χ1) is 9.28. The number of nitrogens with zero attached hydrogens (tertiary/aromatic N) is 4. The minimum Gasteiger partial charge on any atom is -0.383 e. The van der Waals surface area contributed by atoms with E-state index in [2.05, 4.69) is 24.6 Å². The third kappa shape index (κ3) is 4.83. The SMILES string of the molecule is COCCNCc1cnc(Sc2nc(C)ns2)nc1. The van der Waals surface area contributed by atoms with E-state index in [0.29, 0.717) is 11.8 Å². The third-order valence-corrected chi connectivity index (χ3v) is 3.92. The Morgan fingerprint density at radius 3 is 2.79 bits per heavy atom. The van der Waals surface area contributed by atoms with Gasteiger partial charge in [-0.2, -0.15) is 4.37 Å². The van der Waals surface area contributed by atoms with Crippen molar-refractivity contribution >= 4 is 23.3 Å². The van der Waals surface area contributed by atoms with Crippen LogP contribution in [0.3, 0.4) is 0 Å². The molecule has 0 fully saturated rings. The van der Waals surface area contributed by atoms with Crippen molar-refractivity contribution in [1.29, 1.82) is 0 Å². The van der Waals surface area contributed by atoms with E-state index >= 15 is 0 Å². The zero-order valence-electron chi connectivity index (χ0n) is 10.8. The average molecular weight is 297 g/mol. The molecular formula is C11H15N5OS2. The highest BCUT2D eigenvalue weighted by atomic mass is 32.2. The molecule has 0 unspecified atom stereocenters. The monoisotopic (exact) mass is 297 g/mol. The summed E-state index contributed by atoms with van der Waals surface area (Å²) in [6.07, 6.45) is 3.64. The van der Waals surface area contributed by atoms with E-state index in [9.17, 15) is 0 Å². The van der Waals surface area contributed by atoms with E-state index in [1.165, 1.54) is 23.3 Å². The van der Waals surface area contributed by atoms with E-state index in [1.54, 1.807) is 7.11 Å². The maximum Gasteiger partial charge on any atom is 0.194 e. The van der Waals surface area contributed by atoms with Crippen LogP contribution in [0.15, 0.2) is 21.9 Å². The minimum absolute atomic E-state index is 0.691. The summed E-state index contributed by atoms with van der Waals surface area (Å²) < 4.78 is 9.94. The summed E-state index contributed by atoms with van der Waals surface area (Å²) in [7, 11) is 1.69. The van der Waals surface area contributed by atoms with Crippen molar-refractivity contribution in [3.05, 3.63) is 23.8 Å². The Morgan fingerprint density at radius 1 is 1.37 bits per heavy atom. The molecule has 102 valence electrons. The number of ether oxygens (including phenoxy) is 1. The molecule has 0 saturated carbocycles. The molecule has 2 heterocycles. The lowest BCUT2D eigenvalue weighted by atomic mass is 10.3. The molecule has 0 aliphatic carbocycles. The second-order valence-electron chi connectivity index (χ2n) is 3.75. The number of methoxy groups -OCH3 is 1. The van der Waals surface area contributed by atoms with Gasteiger partial charge in [0.2, 0.25) is 0 Å². The van der Waals surface area contributed by atoms with E-state index in [4.69, 9.17) is 4.74 Å². The van der Waals surface area contributed by atoms with Crippen molar-refractivity contribution in [2.45, 2.75) is 23.0 Å². The van der Waals surface area contributed by atoms with E-state index in [0.717, 1.165) is 28.8 Å². The highest BCUT2D eigenvalue weighted by molar-refractivity contribution is 8.00. The van der Waals surface area contributed by atoms with Crippen LogP contribution in [-0.2, 0) is 11.3 Å². The van der Waals surface area contributed by atoms with Gasteiger partial charge >= 0.3 is 0 Å². The fourth-order valence-corrected chi connectivity index (χ4v) is 2.74. The van der Waals surface area contributed by atoms with Gasteiger partial charge in [-0.3, -0.25) is 0 Å². The molecule has 0 spiro atoms. The van der Waals surface area contributed by atoms with Crippen molar-refractivity contribution in [3.63, 3.8) is 0 Å². The minimum atomic E-state index is 0.691. The molecule has 0 bridgehead atoms. The third-order valence-electron chi connectivity index (χ3n) is 2.18. The summed E-state index contributed by atoms with van der Waals surface area (Å²) >= 11 is 2.79. The van der Waals surface area contributed by atoms with Gasteiger partial charge in [0.05, 0.1) is 6.61 Å². The summed E-state index contributed by atoms with van der Waals surface area (Å²) in [6.45, 7) is 4.13. The number of nitrogens with one attached hydrogen (secondary N) is 1. The average Bonchev–Trinajstić information content (AvgIpc) is 2.82. The molecule has 0 atom stereocenters. The summed E-state index contributed by atoms with van der Waals surface area (Å²) in [5.41, 5.74) is 1.05. The smallest absolute Gasteiger partial charge is 0.194 e. The highest BCUT2D eigenvalue weighted by Crippen LogP contribution is 2.25. The van der Waals surface area contributed by atoms with Gasteiger partial charge in [0.1, 0.15) is 5.82 Å². The van der Waals surface area contributed by atoms with Gasteiger partial charge in [-0.25, -0.2) is 15.0 Å². The van der Waals surface area contributed by atoms with E-state index in [1.807, 2.05) is 19.3 Å². The first-order valence-electron chi connectivity index (χ1n) is 5.76. The highest BCUT2D eigenvalue weighted by Gasteiger charge is 2.05. The molecule has 2 aromatic rings. The first-order valence-corrected chi connectivity index (χ1v) is 7.35. The summed E-state index contributed by atoms with van der Waals surface area (Å²) in [5, 5.41) is 3.93. The molecule has 0 aliphatic heterocycles.